The first-order valence-electron chi connectivity index (χ1n) is 14.5. The minimum absolute atomic E-state index is 0.0132. The molecular weight excluding hydrogens is 533 g/mol. The first kappa shape index (κ1) is 28.4. The highest BCUT2D eigenvalue weighted by Crippen LogP contribution is 2.51. The molecule has 4 heterocycles. The van der Waals surface area contributed by atoms with Crippen molar-refractivity contribution in [1.82, 2.24) is 25.2 Å². The highest BCUT2D eigenvalue weighted by Gasteiger charge is 2.50. The number of likely N-dealkylation sites (tertiary alicyclic amines) is 1. The summed E-state index contributed by atoms with van der Waals surface area (Å²) in [6, 6.07) is 6.65. The van der Waals surface area contributed by atoms with E-state index in [1.807, 2.05) is 19.2 Å². The lowest BCUT2D eigenvalue weighted by molar-refractivity contribution is -0.138. The maximum atomic E-state index is 14.4. The lowest BCUT2D eigenvalue weighted by atomic mass is 9.65. The number of alkyl halides is 3. The van der Waals surface area contributed by atoms with Crippen molar-refractivity contribution in [2.45, 2.75) is 64.3 Å². The van der Waals surface area contributed by atoms with Gasteiger partial charge in [0.25, 0.3) is 5.91 Å². The molecule has 3 fully saturated rings. The molecule has 1 amide bonds. The summed E-state index contributed by atoms with van der Waals surface area (Å²) in [5.74, 6) is 1.21. The molecule has 3 aliphatic heterocycles. The number of fused-ring (bicyclic) bond motifs is 1. The molecule has 1 saturated carbocycles. The summed E-state index contributed by atoms with van der Waals surface area (Å²) < 4.78 is 48.6. The third-order valence-corrected chi connectivity index (χ3v) is 9.17. The van der Waals surface area contributed by atoms with Gasteiger partial charge in [-0.1, -0.05) is 13.8 Å². The smallest absolute Gasteiger partial charge is 0.416 e. The van der Waals surface area contributed by atoms with E-state index >= 15 is 0 Å². The standard InChI is InChI=1S/C30H39F3N6O2/c1-19-6-5-7-37(14-19)15-21-8-23-24(25(9-21)30(31,32)33)16-38(28(23)40)26-10-22(11-27(35-26)41-4)29(12-20(2)13-29)39-18-36(3)17-34-39/h8-11,19-20,34H,5-7,12-18H2,1-4H3/t19-,20?,29?/m0/s1. The summed E-state index contributed by atoms with van der Waals surface area (Å²) in [5.41, 5.74) is 4.01. The molecule has 41 heavy (non-hydrogen) atoms. The van der Waals surface area contributed by atoms with E-state index in [-0.39, 0.29) is 23.2 Å². The Morgan fingerprint density at radius 1 is 1.15 bits per heavy atom. The number of rotatable bonds is 6. The largest absolute Gasteiger partial charge is 0.481 e. The van der Waals surface area contributed by atoms with Gasteiger partial charge in [0.2, 0.25) is 5.88 Å². The quantitative estimate of drug-likeness (QED) is 0.534. The number of benzene rings is 1. The molecule has 2 aromatic rings. The summed E-state index contributed by atoms with van der Waals surface area (Å²) in [6.45, 7) is 7.74. The normalized spacial score (nSPS) is 27.8. The van der Waals surface area contributed by atoms with Crippen molar-refractivity contribution in [3.05, 3.63) is 52.1 Å². The van der Waals surface area contributed by atoms with Crippen LogP contribution in [0.2, 0.25) is 0 Å². The number of hydrogen-bond acceptors (Lipinski definition) is 7. The lowest BCUT2D eigenvalue weighted by Crippen LogP contribution is -2.57. The molecule has 1 aromatic carbocycles. The number of anilines is 1. The fraction of sp³-hybridized carbons (Fsp3) is 0.600. The first-order chi connectivity index (χ1) is 19.5. The number of methoxy groups -OCH3 is 1. The summed E-state index contributed by atoms with van der Waals surface area (Å²) in [5, 5.41) is 2.22. The number of pyridine rings is 1. The molecule has 1 N–H and O–H groups in total. The number of amides is 1. The van der Waals surface area contributed by atoms with Crippen molar-refractivity contribution in [2.75, 3.05) is 45.5 Å². The van der Waals surface area contributed by atoms with Crippen LogP contribution in [0.15, 0.2) is 24.3 Å². The number of hydrazine groups is 1. The van der Waals surface area contributed by atoms with E-state index in [2.05, 4.69) is 39.1 Å². The molecular formula is C30H39F3N6O2. The van der Waals surface area contributed by atoms with Gasteiger partial charge in [-0.2, -0.15) is 18.2 Å². The van der Waals surface area contributed by atoms with Crippen LogP contribution in [0.3, 0.4) is 0 Å². The van der Waals surface area contributed by atoms with E-state index in [4.69, 9.17) is 4.74 Å². The van der Waals surface area contributed by atoms with E-state index in [1.165, 1.54) is 18.1 Å². The number of carbonyl (C=O) groups is 1. The number of piperidine rings is 1. The zero-order valence-corrected chi connectivity index (χ0v) is 24.2. The molecule has 2 saturated heterocycles. The van der Waals surface area contributed by atoms with Gasteiger partial charge in [-0.15, -0.1) is 0 Å². The molecule has 0 bridgehead atoms. The third-order valence-electron chi connectivity index (χ3n) is 9.17. The Hall–Kier alpha value is -2.73. The zero-order chi connectivity index (χ0) is 29.1. The van der Waals surface area contributed by atoms with E-state index in [1.54, 1.807) is 6.07 Å². The van der Waals surface area contributed by atoms with E-state index in [0.29, 0.717) is 35.6 Å². The Morgan fingerprint density at radius 2 is 1.93 bits per heavy atom. The van der Waals surface area contributed by atoms with Crippen LogP contribution in [0.4, 0.5) is 19.0 Å². The maximum Gasteiger partial charge on any atom is 0.416 e. The van der Waals surface area contributed by atoms with Gasteiger partial charge in [0, 0.05) is 24.7 Å². The molecule has 0 unspecified atom stereocenters. The highest BCUT2D eigenvalue weighted by molar-refractivity contribution is 6.10. The number of nitrogens with one attached hydrogen (secondary N) is 1. The number of ether oxygens (including phenoxy) is 1. The third kappa shape index (κ3) is 5.22. The van der Waals surface area contributed by atoms with Gasteiger partial charge in [0.1, 0.15) is 5.82 Å². The van der Waals surface area contributed by atoms with E-state index in [9.17, 15) is 18.0 Å². The van der Waals surface area contributed by atoms with Crippen LogP contribution in [0, 0.1) is 11.8 Å². The van der Waals surface area contributed by atoms with Gasteiger partial charge in [-0.3, -0.25) is 19.5 Å². The Balaban J connectivity index is 1.36. The second-order valence-corrected chi connectivity index (χ2v) is 12.6. The van der Waals surface area contributed by atoms with Crippen LogP contribution in [0.5, 0.6) is 5.88 Å². The van der Waals surface area contributed by atoms with Crippen LogP contribution >= 0.6 is 0 Å². The Labute approximate surface area is 239 Å². The van der Waals surface area contributed by atoms with Crippen molar-refractivity contribution in [2.24, 2.45) is 11.8 Å². The van der Waals surface area contributed by atoms with Crippen LogP contribution in [-0.4, -0.2) is 66.3 Å². The average molecular weight is 573 g/mol. The molecule has 1 atom stereocenters. The zero-order valence-electron chi connectivity index (χ0n) is 24.2. The van der Waals surface area contributed by atoms with Gasteiger partial charge in [0.05, 0.1) is 38.1 Å². The molecule has 6 rings (SSSR count). The van der Waals surface area contributed by atoms with Crippen LogP contribution in [-0.2, 0) is 24.8 Å². The SMILES string of the molecule is COc1cc(C2(N3CN(C)CN3)CC(C)C2)cc(N2Cc3c(cc(CN4CCC[C@H](C)C4)cc3C(F)(F)F)C2=O)n1. The topological polar surface area (TPSA) is 64.2 Å². The average Bonchev–Trinajstić information content (AvgIpc) is 3.48. The summed E-state index contributed by atoms with van der Waals surface area (Å²) in [4.78, 5) is 24.1. The first-order valence-corrected chi connectivity index (χ1v) is 14.5. The highest BCUT2D eigenvalue weighted by atomic mass is 19.4. The molecule has 8 nitrogen and oxygen atoms in total. The number of hydrogen-bond donors (Lipinski definition) is 1. The fourth-order valence-corrected chi connectivity index (χ4v) is 7.23. The monoisotopic (exact) mass is 572 g/mol. The summed E-state index contributed by atoms with van der Waals surface area (Å²) in [6.07, 6.45) is -0.602. The molecule has 1 aliphatic carbocycles. The predicted octanol–water partition coefficient (Wildman–Crippen LogP) is 4.79. The predicted molar refractivity (Wildman–Crippen MR) is 149 cm³/mol. The Morgan fingerprint density at radius 3 is 2.56 bits per heavy atom. The summed E-state index contributed by atoms with van der Waals surface area (Å²) in [7, 11) is 3.56. The van der Waals surface area contributed by atoms with Gasteiger partial charge >= 0.3 is 6.18 Å². The van der Waals surface area contributed by atoms with Gasteiger partial charge in [-0.25, -0.2) is 10.4 Å². The molecule has 11 heteroatoms. The molecule has 0 spiro atoms. The Bertz CT molecular complexity index is 1330. The Kier molecular flexibility index (Phi) is 7.28. The lowest BCUT2D eigenvalue weighted by Gasteiger charge is -2.52. The fourth-order valence-electron chi connectivity index (χ4n) is 7.23. The van der Waals surface area contributed by atoms with Gasteiger partial charge < -0.3 is 4.74 Å². The summed E-state index contributed by atoms with van der Waals surface area (Å²) >= 11 is 0. The van der Waals surface area contributed by atoms with E-state index < -0.39 is 17.6 Å². The van der Waals surface area contributed by atoms with Crippen LogP contribution < -0.4 is 15.1 Å². The molecule has 1 aromatic heterocycles. The second-order valence-electron chi connectivity index (χ2n) is 12.6. The maximum absolute atomic E-state index is 14.4. The van der Waals surface area contributed by atoms with Crippen molar-refractivity contribution in [3.63, 3.8) is 0 Å². The van der Waals surface area contributed by atoms with E-state index in [0.717, 1.165) is 57.7 Å². The second kappa shape index (κ2) is 10.5. The van der Waals surface area contributed by atoms with Crippen molar-refractivity contribution < 1.29 is 22.7 Å². The number of halogens is 3. The van der Waals surface area contributed by atoms with Crippen LogP contribution in [0.25, 0.3) is 0 Å². The van der Waals surface area contributed by atoms with Crippen molar-refractivity contribution in [3.8, 4) is 5.88 Å². The minimum Gasteiger partial charge on any atom is -0.481 e. The van der Waals surface area contributed by atoms with Crippen molar-refractivity contribution >= 4 is 11.7 Å². The molecule has 0 radical (unpaired) electrons. The minimum atomic E-state index is -4.57. The van der Waals surface area contributed by atoms with Crippen LogP contribution in [0.1, 0.15) is 72.1 Å². The van der Waals surface area contributed by atoms with Gasteiger partial charge in [-0.05, 0) is 86.0 Å². The molecule has 222 valence electrons. The number of carbonyl (C=O) groups excluding carboxylic acids is 1. The number of nitrogens with zero attached hydrogens (tertiary/aromatic N) is 5. The number of aromatic nitrogens is 1. The molecule has 4 aliphatic rings. The van der Waals surface area contributed by atoms with Crippen molar-refractivity contribution in [1.29, 1.82) is 0 Å². The van der Waals surface area contributed by atoms with Gasteiger partial charge in [0.15, 0.2) is 0 Å².